The molecular weight excluding hydrogens is 120 g/mol. The van der Waals surface area contributed by atoms with Gasteiger partial charge in [-0.25, -0.2) is 0 Å². The van der Waals surface area contributed by atoms with Gasteiger partial charge < -0.3 is 9.47 Å². The Morgan fingerprint density at radius 3 is 3.00 bits per heavy atom. The summed E-state index contributed by atoms with van der Waals surface area (Å²) in [7, 11) is 0. The minimum absolute atomic E-state index is 0.142. The Kier molecular flexibility index (Phi) is 2.93. The molecule has 9 heavy (non-hydrogen) atoms. The lowest BCUT2D eigenvalue weighted by atomic mass is 10.3. The van der Waals surface area contributed by atoms with Crippen LogP contribution in [0.25, 0.3) is 0 Å². The van der Waals surface area contributed by atoms with Crippen molar-refractivity contribution in [2.24, 2.45) is 5.84 Å². The van der Waals surface area contributed by atoms with E-state index in [1.807, 2.05) is 0 Å². The molecule has 1 aliphatic heterocycles. The monoisotopic (exact) mass is 132 g/mol. The van der Waals surface area contributed by atoms with Gasteiger partial charge in [-0.05, 0) is 0 Å². The maximum atomic E-state index is 5.25. The lowest BCUT2D eigenvalue weighted by Crippen LogP contribution is -2.39. The average Bonchev–Trinajstić information content (AvgIpc) is 1.91. The van der Waals surface area contributed by atoms with Crippen LogP contribution in [0.3, 0.4) is 0 Å². The van der Waals surface area contributed by atoms with Crippen LogP contribution in [-0.2, 0) is 9.47 Å². The first-order valence-electron chi connectivity index (χ1n) is 3.06. The Balaban J connectivity index is 2.08. The summed E-state index contributed by atoms with van der Waals surface area (Å²) in [6.45, 7) is 2.72. The highest BCUT2D eigenvalue weighted by Gasteiger charge is 2.12. The van der Waals surface area contributed by atoms with Crippen LogP contribution in [0.15, 0.2) is 0 Å². The predicted molar refractivity (Wildman–Crippen MR) is 32.7 cm³/mol. The number of nitrogens with one attached hydrogen (secondary N) is 1. The van der Waals surface area contributed by atoms with Crippen molar-refractivity contribution in [2.75, 3.05) is 26.4 Å². The molecule has 4 nitrogen and oxygen atoms in total. The maximum Gasteiger partial charge on any atom is 0.0947 e. The number of hydrogen-bond acceptors (Lipinski definition) is 4. The van der Waals surface area contributed by atoms with Gasteiger partial charge in [0.2, 0.25) is 0 Å². The highest BCUT2D eigenvalue weighted by Crippen LogP contribution is 1.97. The van der Waals surface area contributed by atoms with Gasteiger partial charge in [-0.3, -0.25) is 11.3 Å². The van der Waals surface area contributed by atoms with Crippen molar-refractivity contribution < 1.29 is 9.47 Å². The maximum absolute atomic E-state index is 5.25. The molecule has 54 valence electrons. The second kappa shape index (κ2) is 3.79. The molecule has 0 amide bonds. The third kappa shape index (κ3) is 2.28. The Labute approximate surface area is 54.3 Å². The molecule has 0 bridgehead atoms. The molecule has 1 fully saturated rings. The van der Waals surface area contributed by atoms with E-state index in [0.717, 1.165) is 0 Å². The smallest absolute Gasteiger partial charge is 0.0947 e. The Morgan fingerprint density at radius 2 is 2.44 bits per heavy atom. The molecule has 0 radical (unpaired) electrons. The van der Waals surface area contributed by atoms with Crippen molar-refractivity contribution in [2.45, 2.75) is 6.10 Å². The van der Waals surface area contributed by atoms with Gasteiger partial charge in [0.05, 0.1) is 25.9 Å². The fourth-order valence-corrected chi connectivity index (χ4v) is 0.786. The van der Waals surface area contributed by atoms with Crippen LogP contribution in [0, 0.1) is 0 Å². The van der Waals surface area contributed by atoms with E-state index in [9.17, 15) is 0 Å². The SMILES string of the molecule is NNC[C@@H]1COCCO1. The molecule has 0 saturated carbocycles. The van der Waals surface area contributed by atoms with Crippen LogP contribution in [-0.4, -0.2) is 32.5 Å². The van der Waals surface area contributed by atoms with E-state index in [1.54, 1.807) is 0 Å². The van der Waals surface area contributed by atoms with Gasteiger partial charge in [-0.1, -0.05) is 0 Å². The van der Waals surface area contributed by atoms with Crippen LogP contribution in [0.2, 0.25) is 0 Å². The van der Waals surface area contributed by atoms with Crippen molar-refractivity contribution in [3.05, 3.63) is 0 Å². The molecule has 1 atom stereocenters. The topological polar surface area (TPSA) is 56.5 Å². The van der Waals surface area contributed by atoms with Crippen LogP contribution in [0.4, 0.5) is 0 Å². The lowest BCUT2D eigenvalue weighted by Gasteiger charge is -2.21. The third-order valence-corrected chi connectivity index (χ3v) is 1.23. The quantitative estimate of drug-likeness (QED) is 0.368. The van der Waals surface area contributed by atoms with E-state index in [1.165, 1.54) is 0 Å². The molecule has 0 aromatic carbocycles. The molecule has 0 aromatic heterocycles. The predicted octanol–water partition coefficient (Wildman–Crippen LogP) is -1.13. The normalized spacial score (nSPS) is 28.3. The largest absolute Gasteiger partial charge is 0.376 e. The number of hydrazine groups is 1. The Bertz CT molecular complexity index is 70.6. The van der Waals surface area contributed by atoms with Crippen molar-refractivity contribution in [3.8, 4) is 0 Å². The van der Waals surface area contributed by atoms with E-state index in [4.69, 9.17) is 15.3 Å². The van der Waals surface area contributed by atoms with Crippen molar-refractivity contribution in [3.63, 3.8) is 0 Å². The van der Waals surface area contributed by atoms with Crippen molar-refractivity contribution in [1.82, 2.24) is 5.43 Å². The van der Waals surface area contributed by atoms with Gasteiger partial charge in [0, 0.05) is 6.54 Å². The number of rotatable bonds is 2. The first kappa shape index (κ1) is 6.95. The fourth-order valence-electron chi connectivity index (χ4n) is 0.786. The summed E-state index contributed by atoms with van der Waals surface area (Å²) in [6.07, 6.45) is 0.142. The number of nitrogens with two attached hydrogens (primary N) is 1. The molecule has 1 heterocycles. The van der Waals surface area contributed by atoms with Crippen molar-refractivity contribution in [1.29, 1.82) is 0 Å². The Morgan fingerprint density at radius 1 is 1.56 bits per heavy atom. The molecule has 1 aliphatic rings. The second-order valence-corrected chi connectivity index (χ2v) is 1.98. The summed E-state index contributed by atoms with van der Waals surface area (Å²) in [5.41, 5.74) is 2.53. The summed E-state index contributed by atoms with van der Waals surface area (Å²) < 4.78 is 10.4. The molecule has 0 aromatic rings. The molecule has 1 saturated heterocycles. The first-order chi connectivity index (χ1) is 4.43. The molecule has 4 heteroatoms. The van der Waals surface area contributed by atoms with E-state index in [0.29, 0.717) is 26.4 Å². The summed E-state index contributed by atoms with van der Waals surface area (Å²) in [5, 5.41) is 0. The standard InChI is InChI=1S/C5H12N2O2/c6-7-3-5-4-8-1-2-9-5/h5,7H,1-4,6H2/t5-/m1/s1. The van der Waals surface area contributed by atoms with Crippen LogP contribution >= 0.6 is 0 Å². The molecule has 0 unspecified atom stereocenters. The third-order valence-electron chi connectivity index (χ3n) is 1.23. The molecule has 1 rings (SSSR count). The highest BCUT2D eigenvalue weighted by atomic mass is 16.6. The summed E-state index contributed by atoms with van der Waals surface area (Å²) in [4.78, 5) is 0. The summed E-state index contributed by atoms with van der Waals surface area (Å²) >= 11 is 0. The number of ether oxygens (including phenoxy) is 2. The summed E-state index contributed by atoms with van der Waals surface area (Å²) in [6, 6.07) is 0. The van der Waals surface area contributed by atoms with Crippen LogP contribution in [0.5, 0.6) is 0 Å². The Hall–Kier alpha value is -0.160. The highest BCUT2D eigenvalue weighted by molar-refractivity contribution is 4.61. The molecule has 0 aliphatic carbocycles. The van der Waals surface area contributed by atoms with Gasteiger partial charge in [0.25, 0.3) is 0 Å². The van der Waals surface area contributed by atoms with Gasteiger partial charge in [0.15, 0.2) is 0 Å². The zero-order valence-corrected chi connectivity index (χ0v) is 5.30. The van der Waals surface area contributed by atoms with Crippen LogP contribution < -0.4 is 11.3 Å². The molecular formula is C5H12N2O2. The fraction of sp³-hybridized carbons (Fsp3) is 1.00. The lowest BCUT2D eigenvalue weighted by molar-refractivity contribution is -0.0863. The molecule has 3 N–H and O–H groups in total. The second-order valence-electron chi connectivity index (χ2n) is 1.98. The minimum atomic E-state index is 0.142. The van der Waals surface area contributed by atoms with E-state index in [-0.39, 0.29) is 6.10 Å². The van der Waals surface area contributed by atoms with Gasteiger partial charge in [-0.2, -0.15) is 0 Å². The zero-order valence-electron chi connectivity index (χ0n) is 5.30. The van der Waals surface area contributed by atoms with Gasteiger partial charge in [-0.15, -0.1) is 0 Å². The first-order valence-corrected chi connectivity index (χ1v) is 3.06. The van der Waals surface area contributed by atoms with Crippen LogP contribution in [0.1, 0.15) is 0 Å². The van der Waals surface area contributed by atoms with Gasteiger partial charge in [0.1, 0.15) is 0 Å². The van der Waals surface area contributed by atoms with E-state index in [2.05, 4.69) is 5.43 Å². The van der Waals surface area contributed by atoms with Crippen molar-refractivity contribution >= 4 is 0 Å². The number of hydrogen-bond donors (Lipinski definition) is 2. The summed E-state index contributed by atoms with van der Waals surface area (Å²) in [5.74, 6) is 5.07. The zero-order chi connectivity index (χ0) is 6.53. The van der Waals surface area contributed by atoms with E-state index >= 15 is 0 Å². The van der Waals surface area contributed by atoms with E-state index < -0.39 is 0 Å². The van der Waals surface area contributed by atoms with Gasteiger partial charge >= 0.3 is 0 Å². The molecule has 0 spiro atoms. The minimum Gasteiger partial charge on any atom is -0.376 e. The average molecular weight is 132 g/mol.